The molecule has 3 aromatic carbocycles. The van der Waals surface area contributed by atoms with Crippen LogP contribution in [0, 0.1) is 0 Å². The quantitative estimate of drug-likeness (QED) is 0.266. The first kappa shape index (κ1) is 21.0. The summed E-state index contributed by atoms with van der Waals surface area (Å²) in [7, 11) is -1.50. The molecule has 0 N–H and O–H groups in total. The Morgan fingerprint density at radius 1 is 0.583 bits per heavy atom. The summed E-state index contributed by atoms with van der Waals surface area (Å²) in [6.07, 6.45) is 1.84. The zero-order valence-corrected chi connectivity index (χ0v) is 21.5. The number of fused-ring (bicyclic) bond motifs is 6. The van der Waals surface area contributed by atoms with Gasteiger partial charge in [0.2, 0.25) is 0 Å². The van der Waals surface area contributed by atoms with Crippen molar-refractivity contribution in [1.29, 1.82) is 0 Å². The molecule has 0 saturated heterocycles. The van der Waals surface area contributed by atoms with Gasteiger partial charge in [-0.3, -0.25) is 14.1 Å². The van der Waals surface area contributed by atoms with Crippen molar-refractivity contribution in [2.45, 2.75) is 19.6 Å². The second-order valence-corrected chi connectivity index (χ2v) is 15.3. The summed E-state index contributed by atoms with van der Waals surface area (Å²) in [5, 5.41) is 2.50. The molecule has 0 aliphatic heterocycles. The molecule has 4 aromatic heterocycles. The molecule has 0 aliphatic rings. The molecule has 0 saturated carbocycles. The van der Waals surface area contributed by atoms with E-state index in [9.17, 15) is 0 Å². The van der Waals surface area contributed by atoms with Crippen molar-refractivity contribution in [2.24, 2.45) is 0 Å². The van der Waals surface area contributed by atoms with Gasteiger partial charge in [-0.05, 0) is 42.5 Å². The lowest BCUT2D eigenvalue weighted by atomic mass is 10.2. The average Bonchev–Trinajstić information content (AvgIpc) is 3.40. The van der Waals surface area contributed by atoms with Crippen molar-refractivity contribution in [2.75, 3.05) is 0 Å². The number of para-hydroxylation sites is 2. The van der Waals surface area contributed by atoms with E-state index in [0.29, 0.717) is 0 Å². The van der Waals surface area contributed by atoms with E-state index in [1.54, 1.807) is 0 Å². The van der Waals surface area contributed by atoms with E-state index in [0.717, 1.165) is 55.6 Å². The monoisotopic (exact) mass is 483 g/mol. The zero-order chi connectivity index (χ0) is 24.4. The first-order chi connectivity index (χ1) is 17.5. The van der Waals surface area contributed by atoms with Crippen LogP contribution in [0.5, 0.6) is 0 Å². The van der Waals surface area contributed by atoms with E-state index >= 15 is 0 Å². The standard InChI is InChI=1S/C30H25N5Si/c1-36(2,3)22-14-9-13-21(19-22)35-25-17-10-18-31-27(25)28-30(35)33-29-26(32-28)23-15-7-8-16-24(23)34(29)20-11-5-4-6-12-20/h4-19H,1-3H3. The smallest absolute Gasteiger partial charge is 0.168 e. The number of hydrogen-bond donors (Lipinski definition) is 0. The van der Waals surface area contributed by atoms with Gasteiger partial charge in [-0.25, -0.2) is 9.97 Å². The van der Waals surface area contributed by atoms with Gasteiger partial charge in [-0.15, -0.1) is 0 Å². The van der Waals surface area contributed by atoms with Gasteiger partial charge in [0, 0.05) is 23.0 Å². The first-order valence-corrected chi connectivity index (χ1v) is 15.7. The van der Waals surface area contributed by atoms with Gasteiger partial charge in [0.05, 0.1) is 19.1 Å². The molecule has 0 unspecified atom stereocenters. The Labute approximate surface area is 209 Å². The molecular formula is C30H25N5Si. The fraction of sp³-hybridized carbons (Fsp3) is 0.100. The summed E-state index contributed by atoms with van der Waals surface area (Å²) >= 11 is 0. The largest absolute Gasteiger partial charge is 0.292 e. The van der Waals surface area contributed by atoms with E-state index in [-0.39, 0.29) is 0 Å². The minimum absolute atomic E-state index is 0.823. The molecule has 0 fully saturated rings. The van der Waals surface area contributed by atoms with E-state index in [2.05, 4.69) is 108 Å². The van der Waals surface area contributed by atoms with E-state index in [1.165, 1.54) is 5.19 Å². The lowest BCUT2D eigenvalue weighted by molar-refractivity contribution is 1.10. The Balaban J connectivity index is 1.65. The predicted molar refractivity (Wildman–Crippen MR) is 151 cm³/mol. The fourth-order valence-electron chi connectivity index (χ4n) is 5.14. The van der Waals surface area contributed by atoms with Crippen LogP contribution in [0.4, 0.5) is 0 Å². The maximum Gasteiger partial charge on any atom is 0.168 e. The molecule has 36 heavy (non-hydrogen) atoms. The van der Waals surface area contributed by atoms with Crippen LogP contribution in [0.2, 0.25) is 19.6 Å². The molecule has 5 nitrogen and oxygen atoms in total. The summed E-state index contributed by atoms with van der Waals surface area (Å²) in [6, 6.07) is 31.8. The maximum atomic E-state index is 5.33. The van der Waals surface area contributed by atoms with Crippen LogP contribution in [0.3, 0.4) is 0 Å². The summed E-state index contributed by atoms with van der Waals surface area (Å²) < 4.78 is 4.44. The molecule has 6 heteroatoms. The Morgan fingerprint density at radius 2 is 1.28 bits per heavy atom. The van der Waals surface area contributed by atoms with Crippen molar-refractivity contribution >= 4 is 57.5 Å². The zero-order valence-electron chi connectivity index (χ0n) is 20.5. The lowest BCUT2D eigenvalue weighted by Crippen LogP contribution is -2.37. The van der Waals surface area contributed by atoms with Gasteiger partial charge in [0.15, 0.2) is 11.3 Å². The van der Waals surface area contributed by atoms with Crippen molar-refractivity contribution in [3.8, 4) is 11.4 Å². The highest BCUT2D eigenvalue weighted by Crippen LogP contribution is 2.34. The van der Waals surface area contributed by atoms with Crippen molar-refractivity contribution < 1.29 is 0 Å². The number of hydrogen-bond acceptors (Lipinski definition) is 3. The van der Waals surface area contributed by atoms with Gasteiger partial charge in [-0.1, -0.05) is 73.4 Å². The lowest BCUT2D eigenvalue weighted by Gasteiger charge is -2.18. The average molecular weight is 484 g/mol. The van der Waals surface area contributed by atoms with Gasteiger partial charge in [0.1, 0.15) is 16.6 Å². The van der Waals surface area contributed by atoms with E-state index in [1.807, 2.05) is 18.3 Å². The summed E-state index contributed by atoms with van der Waals surface area (Å²) in [6.45, 7) is 7.13. The van der Waals surface area contributed by atoms with Crippen LogP contribution in [0.15, 0.2) is 97.2 Å². The van der Waals surface area contributed by atoms with Gasteiger partial charge in [-0.2, -0.15) is 0 Å². The SMILES string of the molecule is C[Si](C)(C)c1cccc(-n2c3cccnc3c3nc4c5ccccc5n(-c5ccccc5)c4nc32)c1. The Hall–Kier alpha value is -4.29. The van der Waals surface area contributed by atoms with Crippen LogP contribution < -0.4 is 5.19 Å². The number of benzene rings is 3. The summed E-state index contributed by atoms with van der Waals surface area (Å²) in [5.41, 5.74) is 8.54. The highest BCUT2D eigenvalue weighted by atomic mass is 28.3. The molecule has 7 aromatic rings. The summed E-state index contributed by atoms with van der Waals surface area (Å²) in [4.78, 5) is 15.3. The van der Waals surface area contributed by atoms with E-state index in [4.69, 9.17) is 15.0 Å². The Bertz CT molecular complexity index is 1930. The first-order valence-electron chi connectivity index (χ1n) is 12.2. The van der Waals surface area contributed by atoms with Crippen LogP contribution in [0.25, 0.3) is 55.6 Å². The Kier molecular flexibility index (Phi) is 4.44. The topological polar surface area (TPSA) is 48.5 Å². The van der Waals surface area contributed by atoms with Crippen LogP contribution in [-0.2, 0) is 0 Å². The van der Waals surface area contributed by atoms with E-state index < -0.39 is 8.07 Å². The minimum Gasteiger partial charge on any atom is -0.292 e. The second kappa shape index (κ2) is 7.60. The molecule has 0 amide bonds. The van der Waals surface area contributed by atoms with Gasteiger partial charge in [0.25, 0.3) is 0 Å². The molecule has 174 valence electrons. The molecule has 0 atom stereocenters. The van der Waals surface area contributed by atoms with Crippen molar-refractivity contribution in [1.82, 2.24) is 24.1 Å². The number of nitrogens with zero attached hydrogens (tertiary/aromatic N) is 5. The highest BCUT2D eigenvalue weighted by molar-refractivity contribution is 6.88. The second-order valence-electron chi connectivity index (χ2n) is 10.3. The third kappa shape index (κ3) is 3.04. The maximum absolute atomic E-state index is 5.33. The Morgan fingerprint density at radius 3 is 2.11 bits per heavy atom. The van der Waals surface area contributed by atoms with Crippen molar-refractivity contribution in [3.05, 3.63) is 97.2 Å². The fourth-order valence-corrected chi connectivity index (χ4v) is 6.31. The molecule has 0 radical (unpaired) electrons. The van der Waals surface area contributed by atoms with Crippen molar-refractivity contribution in [3.63, 3.8) is 0 Å². The number of rotatable bonds is 3. The normalized spacial score (nSPS) is 12.3. The van der Waals surface area contributed by atoms with Gasteiger partial charge >= 0.3 is 0 Å². The summed E-state index contributed by atoms with van der Waals surface area (Å²) in [5.74, 6) is 0. The molecule has 0 bridgehead atoms. The van der Waals surface area contributed by atoms with Crippen LogP contribution >= 0.6 is 0 Å². The minimum atomic E-state index is -1.50. The number of pyridine rings is 1. The molecule has 7 rings (SSSR count). The molecule has 4 heterocycles. The van der Waals surface area contributed by atoms with Crippen LogP contribution in [-0.4, -0.2) is 32.2 Å². The highest BCUT2D eigenvalue weighted by Gasteiger charge is 2.22. The third-order valence-electron chi connectivity index (χ3n) is 6.92. The van der Waals surface area contributed by atoms with Gasteiger partial charge < -0.3 is 0 Å². The third-order valence-corrected chi connectivity index (χ3v) is 8.96. The molecule has 0 spiro atoms. The number of aromatic nitrogens is 5. The predicted octanol–water partition coefficient (Wildman–Crippen LogP) is 6.61. The molecular weight excluding hydrogens is 458 g/mol. The van der Waals surface area contributed by atoms with Crippen LogP contribution in [0.1, 0.15) is 0 Å². The molecule has 0 aliphatic carbocycles.